The molecule has 0 aromatic rings. The van der Waals surface area contributed by atoms with Crippen molar-refractivity contribution in [2.45, 2.75) is 187 Å². The Labute approximate surface area is 343 Å². The Morgan fingerprint density at radius 1 is 0.375 bits per heavy atom. The minimum absolute atomic E-state index is 0.114. The summed E-state index contributed by atoms with van der Waals surface area (Å²) in [6.45, 7) is 6.24. The minimum Gasteiger partial charge on any atom is -0.462 e. The van der Waals surface area contributed by atoms with Gasteiger partial charge in [0.15, 0.2) is 6.10 Å². The van der Waals surface area contributed by atoms with Gasteiger partial charge in [-0.1, -0.05) is 163 Å². The van der Waals surface area contributed by atoms with Gasteiger partial charge < -0.3 is 14.2 Å². The highest BCUT2D eigenvalue weighted by molar-refractivity contribution is 5.71. The van der Waals surface area contributed by atoms with Gasteiger partial charge in [0.2, 0.25) is 0 Å². The largest absolute Gasteiger partial charge is 0.462 e. The molecule has 1 unspecified atom stereocenters. The highest BCUT2D eigenvalue weighted by atomic mass is 16.6. The summed E-state index contributed by atoms with van der Waals surface area (Å²) in [6, 6.07) is 0. The van der Waals surface area contributed by atoms with Crippen LogP contribution in [0.4, 0.5) is 0 Å². The SMILES string of the molecule is CC/C=C\C/C=C\C/C=C\C/C=C\C/C=C\CCC(=O)OCC(COC(=O)CCCCCC/C=C\CCCC)OC(=O)CCCCCCC/C=C\C/C=C\CC. The van der Waals surface area contributed by atoms with Crippen molar-refractivity contribution in [2.24, 2.45) is 0 Å². The molecule has 0 aliphatic carbocycles. The first-order valence-electron chi connectivity index (χ1n) is 22.2. The number of rotatable bonds is 38. The van der Waals surface area contributed by atoms with Crippen molar-refractivity contribution >= 4 is 17.9 Å². The molecule has 0 aliphatic heterocycles. The first-order chi connectivity index (χ1) is 27.5. The summed E-state index contributed by atoms with van der Waals surface area (Å²) in [4.78, 5) is 37.6. The molecule has 0 saturated carbocycles. The van der Waals surface area contributed by atoms with Gasteiger partial charge in [-0.05, 0) is 96.3 Å². The van der Waals surface area contributed by atoms with Crippen LogP contribution in [0.2, 0.25) is 0 Å². The van der Waals surface area contributed by atoms with Crippen LogP contribution in [0.15, 0.2) is 97.2 Å². The van der Waals surface area contributed by atoms with Crippen LogP contribution in [0.1, 0.15) is 181 Å². The van der Waals surface area contributed by atoms with E-state index in [-0.39, 0.29) is 37.5 Å². The zero-order valence-electron chi connectivity index (χ0n) is 35.9. The number of hydrogen-bond acceptors (Lipinski definition) is 6. The molecule has 316 valence electrons. The average Bonchev–Trinajstić information content (AvgIpc) is 3.19. The van der Waals surface area contributed by atoms with Crippen LogP contribution in [0.3, 0.4) is 0 Å². The highest BCUT2D eigenvalue weighted by Crippen LogP contribution is 2.11. The number of carbonyl (C=O) groups is 3. The van der Waals surface area contributed by atoms with Gasteiger partial charge in [0, 0.05) is 19.3 Å². The van der Waals surface area contributed by atoms with Crippen molar-refractivity contribution in [1.29, 1.82) is 0 Å². The monoisotopic (exact) mass is 777 g/mol. The molecule has 6 nitrogen and oxygen atoms in total. The Morgan fingerprint density at radius 3 is 1.21 bits per heavy atom. The fraction of sp³-hybridized carbons (Fsp3) is 0.620. The highest BCUT2D eigenvalue weighted by Gasteiger charge is 2.19. The maximum absolute atomic E-state index is 12.7. The van der Waals surface area contributed by atoms with Gasteiger partial charge in [0.1, 0.15) is 13.2 Å². The number of carbonyl (C=O) groups excluding carboxylic acids is 3. The maximum Gasteiger partial charge on any atom is 0.306 e. The first-order valence-corrected chi connectivity index (χ1v) is 22.2. The Hall–Kier alpha value is -3.67. The van der Waals surface area contributed by atoms with Gasteiger partial charge in [-0.3, -0.25) is 14.4 Å². The summed E-state index contributed by atoms with van der Waals surface area (Å²) in [6.07, 6.45) is 56.9. The van der Waals surface area contributed by atoms with Crippen LogP contribution in [0.5, 0.6) is 0 Å². The molecule has 0 spiro atoms. The Kier molecular flexibility index (Phi) is 41.2. The van der Waals surface area contributed by atoms with Crippen molar-refractivity contribution in [3.63, 3.8) is 0 Å². The lowest BCUT2D eigenvalue weighted by molar-refractivity contribution is -0.166. The van der Waals surface area contributed by atoms with Crippen molar-refractivity contribution in [1.82, 2.24) is 0 Å². The molecule has 56 heavy (non-hydrogen) atoms. The summed E-state index contributed by atoms with van der Waals surface area (Å²) < 4.78 is 16.6. The zero-order valence-corrected chi connectivity index (χ0v) is 35.9. The predicted octanol–water partition coefficient (Wildman–Crippen LogP) is 14.2. The number of hydrogen-bond donors (Lipinski definition) is 0. The predicted molar refractivity (Wildman–Crippen MR) is 237 cm³/mol. The molecule has 0 amide bonds. The van der Waals surface area contributed by atoms with E-state index in [0.717, 1.165) is 122 Å². The smallest absolute Gasteiger partial charge is 0.306 e. The lowest BCUT2D eigenvalue weighted by Gasteiger charge is -2.18. The summed E-state index contributed by atoms with van der Waals surface area (Å²) in [5, 5.41) is 0. The fourth-order valence-corrected chi connectivity index (χ4v) is 5.51. The number of unbranched alkanes of at least 4 members (excludes halogenated alkanes) is 11. The van der Waals surface area contributed by atoms with Crippen LogP contribution in [0, 0.1) is 0 Å². The molecular weight excluding hydrogens is 697 g/mol. The molecule has 0 aliphatic rings. The van der Waals surface area contributed by atoms with Crippen LogP contribution >= 0.6 is 0 Å². The molecule has 1 atom stereocenters. The van der Waals surface area contributed by atoms with Gasteiger partial charge in [0.25, 0.3) is 0 Å². The lowest BCUT2D eigenvalue weighted by Crippen LogP contribution is -2.30. The Morgan fingerprint density at radius 2 is 0.732 bits per heavy atom. The third kappa shape index (κ3) is 41.5. The second-order valence-electron chi connectivity index (χ2n) is 14.2. The van der Waals surface area contributed by atoms with E-state index in [1.165, 1.54) is 12.8 Å². The van der Waals surface area contributed by atoms with Crippen LogP contribution in [-0.2, 0) is 28.6 Å². The van der Waals surface area contributed by atoms with E-state index in [1.807, 2.05) is 12.2 Å². The van der Waals surface area contributed by atoms with E-state index in [4.69, 9.17) is 14.2 Å². The molecular formula is C50H80O6. The lowest BCUT2D eigenvalue weighted by atomic mass is 10.1. The van der Waals surface area contributed by atoms with Gasteiger partial charge in [-0.2, -0.15) is 0 Å². The van der Waals surface area contributed by atoms with Gasteiger partial charge >= 0.3 is 17.9 Å². The van der Waals surface area contributed by atoms with E-state index < -0.39 is 6.10 Å². The second kappa shape index (κ2) is 44.0. The summed E-state index contributed by atoms with van der Waals surface area (Å²) in [5.41, 5.74) is 0. The van der Waals surface area contributed by atoms with Crippen LogP contribution in [-0.4, -0.2) is 37.2 Å². The van der Waals surface area contributed by atoms with Crippen molar-refractivity contribution in [2.75, 3.05) is 13.2 Å². The maximum atomic E-state index is 12.7. The Bertz CT molecular complexity index is 1170. The number of esters is 3. The Balaban J connectivity index is 4.54. The molecule has 0 bridgehead atoms. The normalized spacial score (nSPS) is 13.0. The van der Waals surface area contributed by atoms with Crippen molar-refractivity contribution < 1.29 is 28.6 Å². The third-order valence-corrected chi connectivity index (χ3v) is 8.82. The van der Waals surface area contributed by atoms with Gasteiger partial charge in [-0.25, -0.2) is 0 Å². The van der Waals surface area contributed by atoms with E-state index >= 15 is 0 Å². The van der Waals surface area contributed by atoms with Crippen molar-refractivity contribution in [3.05, 3.63) is 97.2 Å². The standard InChI is InChI=1S/C50H80O6/c1-4-7-10-13-16-19-22-24-25-26-27-29-31-34-37-40-43-49(52)55-46-47(45-54-48(51)42-39-36-33-30-21-18-15-12-9-6-3)56-50(53)44-41-38-35-32-28-23-20-17-14-11-8-5-2/h7-8,10-11,15-20,24-25,27,29,34,37,47H,4-6,9,12-14,21-23,26,28,30-33,35-36,38-46H2,1-3H3/b10-7-,11-8-,18-15-,19-16-,20-17-,25-24-,29-27-,37-34-. The molecule has 0 radical (unpaired) electrons. The van der Waals surface area contributed by atoms with Crippen molar-refractivity contribution in [3.8, 4) is 0 Å². The molecule has 0 aromatic carbocycles. The van der Waals surface area contributed by atoms with Gasteiger partial charge in [-0.15, -0.1) is 0 Å². The number of allylic oxidation sites excluding steroid dienone is 16. The quantitative estimate of drug-likeness (QED) is 0.0269. The summed E-state index contributed by atoms with van der Waals surface area (Å²) in [7, 11) is 0. The topological polar surface area (TPSA) is 78.9 Å². The second-order valence-corrected chi connectivity index (χ2v) is 14.2. The zero-order chi connectivity index (χ0) is 40.8. The van der Waals surface area contributed by atoms with E-state index in [1.54, 1.807) is 0 Å². The fourth-order valence-electron chi connectivity index (χ4n) is 5.51. The average molecular weight is 777 g/mol. The van der Waals surface area contributed by atoms with Crippen LogP contribution < -0.4 is 0 Å². The molecule has 0 heterocycles. The minimum atomic E-state index is -0.817. The van der Waals surface area contributed by atoms with E-state index in [9.17, 15) is 14.4 Å². The third-order valence-electron chi connectivity index (χ3n) is 8.82. The van der Waals surface area contributed by atoms with Gasteiger partial charge in [0.05, 0.1) is 0 Å². The molecule has 6 heteroatoms. The number of ether oxygens (including phenoxy) is 3. The molecule has 0 saturated heterocycles. The van der Waals surface area contributed by atoms with E-state index in [2.05, 4.69) is 106 Å². The first kappa shape index (κ1) is 52.3. The van der Waals surface area contributed by atoms with Crippen LogP contribution in [0.25, 0.3) is 0 Å². The molecule has 0 N–H and O–H groups in total. The molecule has 0 fully saturated rings. The summed E-state index contributed by atoms with van der Waals surface area (Å²) >= 11 is 0. The molecule has 0 aromatic heterocycles. The summed E-state index contributed by atoms with van der Waals surface area (Å²) in [5.74, 6) is -1.04. The van der Waals surface area contributed by atoms with E-state index in [0.29, 0.717) is 19.3 Å². The molecule has 0 rings (SSSR count).